The summed E-state index contributed by atoms with van der Waals surface area (Å²) < 4.78 is 23.7. The van der Waals surface area contributed by atoms with Crippen LogP contribution in [-0.4, -0.2) is 38.0 Å². The van der Waals surface area contributed by atoms with Gasteiger partial charge in [0.1, 0.15) is 17.7 Å². The van der Waals surface area contributed by atoms with E-state index in [-0.39, 0.29) is 29.3 Å². The Morgan fingerprint density at radius 1 is 1.09 bits per heavy atom. The van der Waals surface area contributed by atoms with E-state index in [4.69, 9.17) is 0 Å². The largest absolute Gasteiger partial charge is 0.506 e. The molecule has 1 atom stereocenters. The summed E-state index contributed by atoms with van der Waals surface area (Å²) in [4.78, 5) is 12.9. The van der Waals surface area contributed by atoms with Crippen molar-refractivity contribution in [3.8, 4) is 5.75 Å². The zero-order valence-corrected chi connectivity index (χ0v) is 20.7. The highest BCUT2D eigenvalue weighted by Crippen LogP contribution is 2.49. The molecule has 35 heavy (non-hydrogen) atoms. The number of amides is 1. The number of phenols is 1. The van der Waals surface area contributed by atoms with E-state index in [1.54, 1.807) is 18.2 Å². The average Bonchev–Trinajstić information content (AvgIpc) is 3.06. The Hall–Kier alpha value is -3.08. The van der Waals surface area contributed by atoms with Crippen molar-refractivity contribution in [2.24, 2.45) is 0 Å². The lowest BCUT2D eigenvalue weighted by molar-refractivity contribution is 0.102. The number of benzene rings is 3. The summed E-state index contributed by atoms with van der Waals surface area (Å²) >= 11 is 0. The molecule has 1 heterocycles. The van der Waals surface area contributed by atoms with Crippen LogP contribution in [0, 0.1) is 0 Å². The minimum atomic E-state index is -3.42. The molecule has 1 aliphatic heterocycles. The molecule has 0 spiro atoms. The van der Waals surface area contributed by atoms with Crippen LogP contribution in [0.25, 0.3) is 0 Å². The van der Waals surface area contributed by atoms with E-state index in [0.717, 1.165) is 21.0 Å². The van der Waals surface area contributed by atoms with Crippen LogP contribution in [0.3, 0.4) is 0 Å². The number of phenolic OH excluding ortho intramolecular Hbond substituents is 1. The van der Waals surface area contributed by atoms with Crippen LogP contribution in [0.15, 0.2) is 66.7 Å². The van der Waals surface area contributed by atoms with E-state index in [1.165, 1.54) is 0 Å². The van der Waals surface area contributed by atoms with Gasteiger partial charge >= 0.3 is 0 Å². The maximum atomic E-state index is 12.9. The molecule has 0 saturated carbocycles. The molecule has 1 amide bonds. The van der Waals surface area contributed by atoms with Crippen molar-refractivity contribution in [2.45, 2.75) is 38.8 Å². The van der Waals surface area contributed by atoms with Gasteiger partial charge in [0.25, 0.3) is 5.91 Å². The monoisotopic (exact) mass is 497 g/mol. The number of para-hydroxylation sites is 1. The first-order valence-corrected chi connectivity index (χ1v) is 12.8. The van der Waals surface area contributed by atoms with E-state index < -0.39 is 17.2 Å². The summed E-state index contributed by atoms with van der Waals surface area (Å²) in [6.07, 6.45) is -0.677. The smallest absolute Gasteiger partial charge is 0.255 e. The number of nitrogens with zero attached hydrogens (tertiary/aromatic N) is 1. The van der Waals surface area contributed by atoms with Crippen LogP contribution in [0.2, 0.25) is 0 Å². The molecule has 0 aliphatic carbocycles. The van der Waals surface area contributed by atoms with Crippen molar-refractivity contribution in [3.05, 3.63) is 89.0 Å². The number of aromatic hydroxyl groups is 1. The van der Waals surface area contributed by atoms with E-state index in [1.807, 2.05) is 48.5 Å². The van der Waals surface area contributed by atoms with Gasteiger partial charge in [0, 0.05) is 11.3 Å². The zero-order chi connectivity index (χ0) is 25.4. The predicted molar refractivity (Wildman–Crippen MR) is 140 cm³/mol. The SMILES string of the molecule is CC(C)(C)c1ccc(C(=O)Nc2ccccc2Cc2ccc(N3CC(O)NS3(O)O)c(O)c2)cc1. The number of β-amino-alcohol motifs (C(OH)–C–C–N with tert-alkyl or cyclic N) is 1. The van der Waals surface area contributed by atoms with Gasteiger partial charge < -0.3 is 15.5 Å². The molecule has 6 N–H and O–H groups in total. The van der Waals surface area contributed by atoms with Crippen LogP contribution < -0.4 is 14.3 Å². The first-order chi connectivity index (χ1) is 16.4. The summed E-state index contributed by atoms with van der Waals surface area (Å²) in [7, 11) is -3.42. The van der Waals surface area contributed by atoms with Gasteiger partial charge in [-0.1, -0.05) is 68.1 Å². The lowest BCUT2D eigenvalue weighted by Crippen LogP contribution is -2.25. The van der Waals surface area contributed by atoms with Crippen LogP contribution in [0.5, 0.6) is 5.75 Å². The Morgan fingerprint density at radius 2 is 1.77 bits per heavy atom. The summed E-state index contributed by atoms with van der Waals surface area (Å²) in [5, 5.41) is 23.2. The molecule has 1 saturated heterocycles. The molecule has 8 nitrogen and oxygen atoms in total. The highest BCUT2D eigenvalue weighted by Gasteiger charge is 2.36. The summed E-state index contributed by atoms with van der Waals surface area (Å²) in [5.74, 6) is -0.347. The lowest BCUT2D eigenvalue weighted by Gasteiger charge is -2.36. The van der Waals surface area contributed by atoms with Crippen LogP contribution in [-0.2, 0) is 11.8 Å². The molecule has 4 rings (SSSR count). The quantitative estimate of drug-likeness (QED) is 0.298. The highest BCUT2D eigenvalue weighted by atomic mass is 32.3. The number of nitrogens with one attached hydrogen (secondary N) is 2. The molecule has 3 aromatic rings. The second-order valence-corrected chi connectivity index (χ2v) is 11.4. The van der Waals surface area contributed by atoms with Gasteiger partial charge in [0.15, 0.2) is 0 Å². The van der Waals surface area contributed by atoms with Crippen molar-refractivity contribution in [1.82, 2.24) is 4.72 Å². The van der Waals surface area contributed by atoms with Gasteiger partial charge in [-0.15, -0.1) is 0 Å². The van der Waals surface area contributed by atoms with Gasteiger partial charge in [-0.05, 0) is 58.9 Å². The van der Waals surface area contributed by atoms with Crippen LogP contribution in [0.1, 0.15) is 47.8 Å². The molecule has 0 radical (unpaired) electrons. The summed E-state index contributed by atoms with van der Waals surface area (Å²) in [5.41, 5.74) is 4.23. The van der Waals surface area contributed by atoms with E-state index in [2.05, 4.69) is 30.8 Å². The van der Waals surface area contributed by atoms with Crippen molar-refractivity contribution in [1.29, 1.82) is 0 Å². The maximum absolute atomic E-state index is 12.9. The molecule has 1 aliphatic rings. The minimum Gasteiger partial charge on any atom is -0.506 e. The Kier molecular flexibility index (Phi) is 6.81. The first kappa shape index (κ1) is 25.0. The minimum absolute atomic E-state index is 0.00493. The van der Waals surface area contributed by atoms with Crippen LogP contribution in [0.4, 0.5) is 11.4 Å². The summed E-state index contributed by atoms with van der Waals surface area (Å²) in [6.45, 7) is 6.30. The molecule has 0 aromatic heterocycles. The fourth-order valence-electron chi connectivity index (χ4n) is 4.00. The third kappa shape index (κ3) is 5.61. The fraction of sp³-hybridized carbons (Fsp3) is 0.269. The Balaban J connectivity index is 1.51. The van der Waals surface area contributed by atoms with Crippen LogP contribution >= 0.6 is 11.0 Å². The predicted octanol–water partition coefficient (Wildman–Crippen LogP) is 4.84. The number of carbonyl (C=O) groups is 1. The van der Waals surface area contributed by atoms with Crippen molar-refractivity contribution < 1.29 is 24.1 Å². The lowest BCUT2D eigenvalue weighted by atomic mass is 9.86. The van der Waals surface area contributed by atoms with Gasteiger partial charge in [-0.2, -0.15) is 4.72 Å². The standard InChI is InChI=1S/C26H31N3O5S/c1-26(2,3)20-11-9-18(10-12-20)25(32)27-21-7-5-4-6-19(21)14-17-8-13-22(23(30)15-17)29-16-24(31)28-35(29,33)34/h4-13,15,24,28,30-31,33-34H,14,16H2,1-3H3,(H,27,32). The molecule has 1 unspecified atom stereocenters. The first-order valence-electron chi connectivity index (χ1n) is 11.3. The zero-order valence-electron chi connectivity index (χ0n) is 19.9. The Labute approximate surface area is 206 Å². The number of aliphatic hydroxyl groups excluding tert-OH is 1. The second-order valence-electron chi connectivity index (χ2n) is 9.65. The second kappa shape index (κ2) is 9.52. The van der Waals surface area contributed by atoms with Gasteiger partial charge in [-0.25, -0.2) is 0 Å². The van der Waals surface area contributed by atoms with E-state index >= 15 is 0 Å². The normalized spacial score (nSPS) is 18.3. The molecule has 0 bridgehead atoms. The molecule has 9 heteroatoms. The van der Waals surface area contributed by atoms with Gasteiger partial charge in [0.05, 0.1) is 6.54 Å². The highest BCUT2D eigenvalue weighted by molar-refractivity contribution is 8.24. The average molecular weight is 498 g/mol. The molecular formula is C26H31N3O5S. The number of hydrogen-bond acceptors (Lipinski definition) is 7. The number of carbonyl (C=O) groups excluding carboxylic acids is 1. The Morgan fingerprint density at radius 3 is 2.37 bits per heavy atom. The fourth-order valence-corrected chi connectivity index (χ4v) is 5.35. The molecular weight excluding hydrogens is 466 g/mol. The summed E-state index contributed by atoms with van der Waals surface area (Å²) in [6, 6.07) is 19.9. The van der Waals surface area contributed by atoms with Crippen molar-refractivity contribution >= 4 is 28.2 Å². The maximum Gasteiger partial charge on any atom is 0.255 e. The molecule has 186 valence electrons. The van der Waals surface area contributed by atoms with Crippen molar-refractivity contribution in [2.75, 3.05) is 16.2 Å². The topological polar surface area (TPSA) is 125 Å². The number of rotatable bonds is 5. The molecule has 1 fully saturated rings. The third-order valence-corrected chi connectivity index (χ3v) is 7.47. The third-order valence-electron chi connectivity index (χ3n) is 5.92. The van der Waals surface area contributed by atoms with E-state index in [0.29, 0.717) is 17.7 Å². The van der Waals surface area contributed by atoms with E-state index in [9.17, 15) is 24.1 Å². The number of aliphatic hydroxyl groups is 1. The number of hydrogen-bond donors (Lipinski definition) is 6. The van der Waals surface area contributed by atoms with Gasteiger partial charge in [-0.3, -0.25) is 18.2 Å². The number of anilines is 2. The van der Waals surface area contributed by atoms with Gasteiger partial charge in [0.2, 0.25) is 0 Å². The molecule has 3 aromatic carbocycles. The van der Waals surface area contributed by atoms with Crippen molar-refractivity contribution in [3.63, 3.8) is 0 Å². The Bertz CT molecular complexity index is 1220.